The van der Waals surface area contributed by atoms with E-state index < -0.39 is 46.6 Å². The smallest absolute Gasteiger partial charge is 0.312 e. The Bertz CT molecular complexity index is 922. The monoisotopic (exact) mass is 520 g/mol. The van der Waals surface area contributed by atoms with Gasteiger partial charge in [-0.2, -0.15) is 0 Å². The molecule has 3 saturated heterocycles. The summed E-state index contributed by atoms with van der Waals surface area (Å²) in [6.07, 6.45) is 3.39. The van der Waals surface area contributed by atoms with Crippen LogP contribution in [0.3, 0.4) is 0 Å². The van der Waals surface area contributed by atoms with E-state index in [1.54, 1.807) is 22.8 Å². The average molecular weight is 521 g/mol. The van der Waals surface area contributed by atoms with Crippen molar-refractivity contribution in [1.82, 2.24) is 9.80 Å². The molecule has 3 aliphatic heterocycles. The van der Waals surface area contributed by atoms with E-state index in [0.29, 0.717) is 19.4 Å². The Labute approximate surface area is 222 Å². The van der Waals surface area contributed by atoms with E-state index >= 15 is 0 Å². The van der Waals surface area contributed by atoms with Crippen LogP contribution in [-0.2, 0) is 23.9 Å². The van der Waals surface area contributed by atoms with Crippen molar-refractivity contribution in [3.63, 3.8) is 0 Å². The molecule has 1 N–H and O–H groups in total. The maximum atomic E-state index is 14.7. The maximum Gasteiger partial charge on any atom is 0.312 e. The topological polar surface area (TPSA) is 96.4 Å². The number of esters is 1. The van der Waals surface area contributed by atoms with E-state index in [0.717, 1.165) is 6.42 Å². The van der Waals surface area contributed by atoms with Crippen LogP contribution in [0.5, 0.6) is 0 Å². The second-order valence-electron chi connectivity index (χ2n) is 13.2. The van der Waals surface area contributed by atoms with Crippen LogP contribution in [0, 0.1) is 23.2 Å². The minimum atomic E-state index is -1.17. The number of hydrogen-bond acceptors (Lipinski definition) is 6. The first-order valence-corrected chi connectivity index (χ1v) is 13.8. The molecule has 3 heterocycles. The Kier molecular flexibility index (Phi) is 8.00. The van der Waals surface area contributed by atoms with Gasteiger partial charge in [0.2, 0.25) is 11.8 Å². The predicted octanol–water partition coefficient (Wildman–Crippen LogP) is 3.56. The summed E-state index contributed by atoms with van der Waals surface area (Å²) in [5.41, 5.74) is -2.67. The molecule has 3 rings (SSSR count). The molecule has 0 aromatic carbocycles. The normalized spacial score (nSPS) is 33.9. The number of fused-ring (bicyclic) bond motifs is 1. The Balaban J connectivity index is 2.19. The molecule has 210 valence electrons. The fraction of sp³-hybridized carbons (Fsp3) is 0.828. The molecule has 0 saturated carbocycles. The SMILES string of the molecule is C=CCN(C(=O)C1N([C@@H](CC)CO)C(=O)[C@@H]2[C@@H](C(=O)OCC)[C@]3(C)OC12CC3C)C(C)(C)CC(C)(C)C. The molecule has 37 heavy (non-hydrogen) atoms. The Morgan fingerprint density at radius 1 is 1.30 bits per heavy atom. The molecule has 0 radical (unpaired) electrons. The van der Waals surface area contributed by atoms with Crippen LogP contribution in [0.1, 0.15) is 81.6 Å². The summed E-state index contributed by atoms with van der Waals surface area (Å²) in [6, 6.07) is -1.52. The highest BCUT2D eigenvalue weighted by molar-refractivity contribution is 5.99. The van der Waals surface area contributed by atoms with Gasteiger partial charge in [-0.3, -0.25) is 14.4 Å². The minimum Gasteiger partial charge on any atom is -0.466 e. The van der Waals surface area contributed by atoms with Crippen LogP contribution < -0.4 is 0 Å². The van der Waals surface area contributed by atoms with Crippen LogP contribution in [0.2, 0.25) is 0 Å². The second kappa shape index (κ2) is 9.99. The minimum absolute atomic E-state index is 0.0500. The number of nitrogens with zero attached hydrogens (tertiary/aromatic N) is 2. The summed E-state index contributed by atoms with van der Waals surface area (Å²) in [6.45, 7) is 22.1. The van der Waals surface area contributed by atoms with Gasteiger partial charge in [0.15, 0.2) is 0 Å². The molecule has 8 heteroatoms. The molecule has 0 aliphatic carbocycles. The molecule has 1 spiro atoms. The number of carbonyl (C=O) groups excluding carboxylic acids is 3. The lowest BCUT2D eigenvalue weighted by Crippen LogP contribution is -2.62. The Hall–Kier alpha value is -1.93. The van der Waals surface area contributed by atoms with Crippen LogP contribution in [0.15, 0.2) is 12.7 Å². The number of rotatable bonds is 10. The van der Waals surface area contributed by atoms with E-state index in [1.165, 1.54) is 0 Å². The first-order valence-electron chi connectivity index (χ1n) is 13.8. The molecule has 3 aliphatic rings. The number of carbonyl (C=O) groups is 3. The standard InChI is InChI=1S/C29H48N2O6/c1-11-14-30(27(8,9)17-26(5,6)7)24(34)22-29-15-18(4)28(10,37-29)21(25(35)36-13-3)20(29)23(33)31(22)19(12-2)16-32/h11,18-22,32H,1,12-17H2,2-10H3/t18?,19-,20-,21-,22?,28+,29?/m0/s1. The van der Waals surface area contributed by atoms with Crippen LogP contribution in [-0.4, -0.2) is 81.3 Å². The molecule has 0 aromatic heterocycles. The Morgan fingerprint density at radius 3 is 2.41 bits per heavy atom. The molecular formula is C29H48N2O6. The number of aliphatic hydroxyl groups is 1. The Morgan fingerprint density at radius 2 is 1.92 bits per heavy atom. The van der Waals surface area contributed by atoms with Crippen molar-refractivity contribution in [3.05, 3.63) is 12.7 Å². The fourth-order valence-electron chi connectivity index (χ4n) is 7.66. The molecule has 0 aromatic rings. The largest absolute Gasteiger partial charge is 0.466 e. The summed E-state index contributed by atoms with van der Waals surface area (Å²) in [4.78, 5) is 45.5. The highest BCUT2D eigenvalue weighted by Gasteiger charge is 2.80. The van der Waals surface area contributed by atoms with Crippen LogP contribution in [0.4, 0.5) is 0 Å². The number of aliphatic hydroxyl groups excluding tert-OH is 1. The second-order valence-corrected chi connectivity index (χ2v) is 13.2. The van der Waals surface area contributed by atoms with Gasteiger partial charge in [-0.05, 0) is 58.3 Å². The van der Waals surface area contributed by atoms with Crippen LogP contribution >= 0.6 is 0 Å². The first kappa shape index (κ1) is 29.6. The van der Waals surface area contributed by atoms with Gasteiger partial charge in [0.1, 0.15) is 17.6 Å². The van der Waals surface area contributed by atoms with Gasteiger partial charge in [0.05, 0.1) is 30.8 Å². The van der Waals surface area contributed by atoms with Crippen molar-refractivity contribution in [2.75, 3.05) is 19.8 Å². The third kappa shape index (κ3) is 4.62. The number of hydrogen-bond donors (Lipinski definition) is 1. The number of ether oxygens (including phenoxy) is 2. The third-order valence-corrected chi connectivity index (χ3v) is 8.87. The van der Waals surface area contributed by atoms with Crippen molar-refractivity contribution in [1.29, 1.82) is 0 Å². The van der Waals surface area contributed by atoms with Crippen molar-refractivity contribution in [2.45, 2.75) is 110 Å². The highest BCUT2D eigenvalue weighted by atomic mass is 16.6. The van der Waals surface area contributed by atoms with Gasteiger partial charge in [-0.15, -0.1) is 6.58 Å². The van der Waals surface area contributed by atoms with Crippen molar-refractivity contribution in [3.8, 4) is 0 Å². The number of likely N-dealkylation sites (tertiary alicyclic amines) is 1. The van der Waals surface area contributed by atoms with Gasteiger partial charge >= 0.3 is 5.97 Å². The summed E-state index contributed by atoms with van der Waals surface area (Å²) in [7, 11) is 0. The summed E-state index contributed by atoms with van der Waals surface area (Å²) in [5.74, 6) is -2.70. The highest BCUT2D eigenvalue weighted by Crippen LogP contribution is 2.66. The van der Waals surface area contributed by atoms with Gasteiger partial charge in [0, 0.05) is 12.1 Å². The van der Waals surface area contributed by atoms with Gasteiger partial charge in [-0.25, -0.2) is 0 Å². The average Bonchev–Trinajstić information content (AvgIpc) is 3.28. The zero-order valence-corrected chi connectivity index (χ0v) is 24.3. The maximum absolute atomic E-state index is 14.7. The molecular weight excluding hydrogens is 472 g/mol. The fourth-order valence-corrected chi connectivity index (χ4v) is 7.66. The van der Waals surface area contributed by atoms with E-state index in [9.17, 15) is 19.5 Å². The lowest BCUT2D eigenvalue weighted by Gasteiger charge is -2.46. The molecule has 2 bridgehead atoms. The molecule has 3 fully saturated rings. The van der Waals surface area contributed by atoms with E-state index in [4.69, 9.17) is 9.47 Å². The van der Waals surface area contributed by atoms with Gasteiger partial charge in [-0.1, -0.05) is 40.7 Å². The van der Waals surface area contributed by atoms with Gasteiger partial charge < -0.3 is 24.4 Å². The predicted molar refractivity (Wildman–Crippen MR) is 141 cm³/mol. The summed E-state index contributed by atoms with van der Waals surface area (Å²) >= 11 is 0. The van der Waals surface area contributed by atoms with Crippen molar-refractivity contribution >= 4 is 17.8 Å². The van der Waals surface area contributed by atoms with E-state index in [1.807, 2.05) is 34.6 Å². The van der Waals surface area contributed by atoms with E-state index in [2.05, 4.69) is 27.4 Å². The van der Waals surface area contributed by atoms with E-state index in [-0.39, 0.29) is 36.4 Å². The van der Waals surface area contributed by atoms with Crippen molar-refractivity contribution < 1.29 is 29.0 Å². The lowest BCUT2D eigenvalue weighted by molar-refractivity contribution is -0.164. The zero-order chi connectivity index (χ0) is 28.1. The molecule has 2 amide bonds. The van der Waals surface area contributed by atoms with Crippen LogP contribution in [0.25, 0.3) is 0 Å². The lowest BCUT2D eigenvalue weighted by atomic mass is 9.62. The number of amides is 2. The quantitative estimate of drug-likeness (QED) is 0.350. The van der Waals surface area contributed by atoms with Gasteiger partial charge in [0.25, 0.3) is 0 Å². The molecule has 8 nitrogen and oxygen atoms in total. The zero-order valence-electron chi connectivity index (χ0n) is 24.3. The molecule has 3 unspecified atom stereocenters. The molecule has 7 atom stereocenters. The third-order valence-electron chi connectivity index (χ3n) is 8.87. The van der Waals surface area contributed by atoms with Crippen molar-refractivity contribution in [2.24, 2.45) is 23.2 Å². The summed E-state index contributed by atoms with van der Waals surface area (Å²) < 4.78 is 12.2. The first-order chi connectivity index (χ1) is 17.1. The summed E-state index contributed by atoms with van der Waals surface area (Å²) in [5, 5.41) is 10.3.